The molecule has 0 atom stereocenters. The monoisotopic (exact) mass is 321 g/mol. The van der Waals surface area contributed by atoms with E-state index in [4.69, 9.17) is 4.84 Å². The minimum absolute atomic E-state index is 0.112. The van der Waals surface area contributed by atoms with E-state index < -0.39 is 16.4 Å². The Hall–Kier alpha value is -2.58. The number of carbonyl (C=O) groups is 1. The van der Waals surface area contributed by atoms with Crippen LogP contribution in [0.4, 0.5) is 16.2 Å². The van der Waals surface area contributed by atoms with Crippen molar-refractivity contribution in [1.29, 1.82) is 0 Å². The second kappa shape index (κ2) is 6.92. The van der Waals surface area contributed by atoms with Crippen LogP contribution in [-0.4, -0.2) is 21.6 Å². The standard InChI is InChI=1S/C14H13N2O5S/c1-20-22(18,19)16(13-10-6-3-7-11-13)21-14(17)15-12-8-4-2-5-9-12/h2-11H,1H3. The molecule has 0 bridgehead atoms. The van der Waals surface area contributed by atoms with E-state index in [1.807, 2.05) is 0 Å². The number of rotatable bonds is 5. The van der Waals surface area contributed by atoms with Crippen molar-refractivity contribution in [3.63, 3.8) is 0 Å². The molecule has 2 aromatic rings. The van der Waals surface area contributed by atoms with Gasteiger partial charge in [0.15, 0.2) is 0 Å². The van der Waals surface area contributed by atoms with Crippen molar-refractivity contribution >= 4 is 27.8 Å². The molecule has 22 heavy (non-hydrogen) atoms. The molecular formula is C14H13N2O5S. The van der Waals surface area contributed by atoms with Gasteiger partial charge in [-0.15, -0.1) is 0 Å². The molecule has 0 saturated carbocycles. The summed E-state index contributed by atoms with van der Waals surface area (Å²) in [5.41, 5.74) is 0.455. The van der Waals surface area contributed by atoms with Gasteiger partial charge in [-0.1, -0.05) is 40.9 Å². The Labute approximate surface area is 128 Å². The van der Waals surface area contributed by atoms with Gasteiger partial charge in [0.05, 0.1) is 18.5 Å². The lowest BCUT2D eigenvalue weighted by molar-refractivity contribution is 0.152. The fourth-order valence-electron chi connectivity index (χ4n) is 1.54. The van der Waals surface area contributed by atoms with E-state index in [9.17, 15) is 13.2 Å². The molecule has 2 rings (SSSR count). The maximum absolute atomic E-state index is 11.9. The summed E-state index contributed by atoms with van der Waals surface area (Å²) >= 11 is 0. The van der Waals surface area contributed by atoms with Crippen molar-refractivity contribution in [1.82, 2.24) is 5.32 Å². The Morgan fingerprint density at radius 2 is 1.55 bits per heavy atom. The van der Waals surface area contributed by atoms with Crippen LogP contribution in [0.25, 0.3) is 0 Å². The van der Waals surface area contributed by atoms with E-state index in [1.165, 1.54) is 12.1 Å². The molecule has 0 heterocycles. The molecule has 0 aliphatic carbocycles. The van der Waals surface area contributed by atoms with Crippen molar-refractivity contribution in [2.24, 2.45) is 0 Å². The number of para-hydroxylation sites is 2. The van der Waals surface area contributed by atoms with Gasteiger partial charge in [0.1, 0.15) is 0 Å². The molecule has 115 valence electrons. The summed E-state index contributed by atoms with van der Waals surface area (Å²) in [5.74, 6) is 0. The van der Waals surface area contributed by atoms with E-state index in [0.29, 0.717) is 10.2 Å². The van der Waals surface area contributed by atoms with Crippen LogP contribution in [0, 0.1) is 0 Å². The molecule has 0 spiro atoms. The fraction of sp³-hybridized carbons (Fsp3) is 0.0714. The molecule has 0 aliphatic rings. The van der Waals surface area contributed by atoms with Crippen molar-refractivity contribution in [2.45, 2.75) is 0 Å². The molecule has 0 aromatic heterocycles. The smallest absolute Gasteiger partial charge is 0.303 e. The van der Waals surface area contributed by atoms with Crippen LogP contribution in [0.1, 0.15) is 0 Å². The minimum atomic E-state index is -4.27. The lowest BCUT2D eigenvalue weighted by atomic mass is 10.3. The number of hydrogen-bond acceptors (Lipinski definition) is 5. The zero-order valence-corrected chi connectivity index (χ0v) is 12.4. The molecule has 1 radical (unpaired) electrons. The number of nitrogens with zero attached hydrogens (tertiary/aromatic N) is 2. The van der Waals surface area contributed by atoms with E-state index in [0.717, 1.165) is 7.11 Å². The molecule has 0 unspecified atom stereocenters. The fourth-order valence-corrected chi connectivity index (χ4v) is 2.21. The molecular weight excluding hydrogens is 308 g/mol. The zero-order chi connectivity index (χ0) is 16.0. The summed E-state index contributed by atoms with van der Waals surface area (Å²) in [6, 6.07) is 16.1. The summed E-state index contributed by atoms with van der Waals surface area (Å²) in [5, 5.41) is 3.65. The van der Waals surface area contributed by atoms with Crippen LogP contribution in [0.2, 0.25) is 0 Å². The van der Waals surface area contributed by atoms with E-state index in [2.05, 4.69) is 9.50 Å². The molecule has 8 heteroatoms. The number of benzene rings is 2. The summed E-state index contributed by atoms with van der Waals surface area (Å²) in [4.78, 5) is 16.6. The second-order valence-corrected chi connectivity index (χ2v) is 5.51. The van der Waals surface area contributed by atoms with Gasteiger partial charge in [0.25, 0.3) is 0 Å². The molecule has 0 N–H and O–H groups in total. The molecule has 2 aromatic carbocycles. The molecule has 0 fully saturated rings. The van der Waals surface area contributed by atoms with Gasteiger partial charge >= 0.3 is 16.4 Å². The molecule has 0 aliphatic heterocycles. The van der Waals surface area contributed by atoms with Crippen LogP contribution >= 0.6 is 0 Å². The van der Waals surface area contributed by atoms with Gasteiger partial charge in [-0.25, -0.2) is 4.79 Å². The van der Waals surface area contributed by atoms with Crippen LogP contribution in [-0.2, 0) is 19.3 Å². The first-order valence-electron chi connectivity index (χ1n) is 6.17. The Morgan fingerprint density at radius 3 is 2.09 bits per heavy atom. The summed E-state index contributed by atoms with van der Waals surface area (Å²) in [6.45, 7) is 0. The van der Waals surface area contributed by atoms with Crippen LogP contribution in [0.3, 0.4) is 0 Å². The third-order valence-electron chi connectivity index (χ3n) is 2.52. The first kappa shape index (κ1) is 15.8. The van der Waals surface area contributed by atoms with Gasteiger partial charge in [-0.05, 0) is 24.3 Å². The van der Waals surface area contributed by atoms with Crippen LogP contribution in [0.15, 0.2) is 60.7 Å². The van der Waals surface area contributed by atoms with Crippen LogP contribution < -0.4 is 9.79 Å². The quantitative estimate of drug-likeness (QED) is 0.789. The predicted molar refractivity (Wildman–Crippen MR) is 79.6 cm³/mol. The highest BCUT2D eigenvalue weighted by molar-refractivity contribution is 7.87. The lowest BCUT2D eigenvalue weighted by Crippen LogP contribution is -2.35. The first-order valence-corrected chi connectivity index (χ1v) is 7.54. The predicted octanol–water partition coefficient (Wildman–Crippen LogP) is 2.37. The Morgan fingerprint density at radius 1 is 1.00 bits per heavy atom. The zero-order valence-electron chi connectivity index (χ0n) is 11.6. The van der Waals surface area contributed by atoms with Crippen molar-refractivity contribution < 1.29 is 22.2 Å². The summed E-state index contributed by atoms with van der Waals surface area (Å²) in [7, 11) is -3.30. The van der Waals surface area contributed by atoms with Gasteiger partial charge in [-0.2, -0.15) is 13.7 Å². The maximum atomic E-state index is 11.9. The number of hydrogen-bond donors (Lipinski definition) is 0. The van der Waals surface area contributed by atoms with Gasteiger partial charge in [0.2, 0.25) is 0 Å². The lowest BCUT2D eigenvalue weighted by Gasteiger charge is -2.20. The Kier molecular flexibility index (Phi) is 4.97. The van der Waals surface area contributed by atoms with Crippen LogP contribution in [0.5, 0.6) is 0 Å². The first-order chi connectivity index (χ1) is 10.5. The van der Waals surface area contributed by atoms with Gasteiger partial charge in [-0.3, -0.25) is 4.18 Å². The number of carbonyl (C=O) groups excluding carboxylic acids is 1. The average Bonchev–Trinajstić information content (AvgIpc) is 2.54. The average molecular weight is 321 g/mol. The largest absolute Gasteiger partial charge is 0.459 e. The second-order valence-electron chi connectivity index (χ2n) is 3.99. The third kappa shape index (κ3) is 3.96. The number of amides is 1. The normalized spacial score (nSPS) is 10.8. The van der Waals surface area contributed by atoms with Crippen molar-refractivity contribution in [3.05, 3.63) is 60.7 Å². The molecule has 1 amide bonds. The minimum Gasteiger partial charge on any atom is -0.303 e. The van der Waals surface area contributed by atoms with Gasteiger partial charge < -0.3 is 4.84 Å². The van der Waals surface area contributed by atoms with Crippen molar-refractivity contribution in [2.75, 3.05) is 11.6 Å². The maximum Gasteiger partial charge on any atom is 0.459 e. The topological polar surface area (TPSA) is 87.0 Å². The highest BCUT2D eigenvalue weighted by Gasteiger charge is 2.27. The van der Waals surface area contributed by atoms with E-state index in [1.54, 1.807) is 48.5 Å². The number of anilines is 1. The molecule has 7 nitrogen and oxygen atoms in total. The SMILES string of the molecule is COS(=O)(=O)N(OC(=O)[N]c1ccccc1)c1ccccc1. The van der Waals surface area contributed by atoms with Crippen molar-refractivity contribution in [3.8, 4) is 0 Å². The molecule has 0 saturated heterocycles. The Bertz CT molecular complexity index is 719. The van der Waals surface area contributed by atoms with Gasteiger partial charge in [0, 0.05) is 0 Å². The van der Waals surface area contributed by atoms with E-state index >= 15 is 0 Å². The summed E-state index contributed by atoms with van der Waals surface area (Å²) < 4.78 is 28.5. The third-order valence-corrected chi connectivity index (χ3v) is 3.63. The highest BCUT2D eigenvalue weighted by atomic mass is 32.2. The Balaban J connectivity index is 2.19. The van der Waals surface area contributed by atoms with E-state index in [-0.39, 0.29) is 5.69 Å². The summed E-state index contributed by atoms with van der Waals surface area (Å²) in [6.07, 6.45) is -1.09. The highest BCUT2D eigenvalue weighted by Crippen LogP contribution is 2.19.